The molecule has 0 saturated carbocycles. The Bertz CT molecular complexity index is 1940. The molecule has 1 aliphatic rings. The van der Waals surface area contributed by atoms with Crippen LogP contribution in [0, 0.1) is 0 Å². The average Bonchev–Trinajstić information content (AvgIpc) is 3.69. The van der Waals surface area contributed by atoms with Crippen molar-refractivity contribution in [1.82, 2.24) is 19.9 Å². The lowest BCUT2D eigenvalue weighted by molar-refractivity contribution is 0.834. The Morgan fingerprint density at radius 2 is 1.07 bits per heavy atom. The molecule has 6 aromatic rings. The molecule has 0 radical (unpaired) electrons. The number of nitrogens with one attached hydrogen (secondary N) is 2. The first-order valence-corrected chi connectivity index (χ1v) is 14.7. The highest BCUT2D eigenvalue weighted by molar-refractivity contribution is 6.01. The molecule has 0 aliphatic heterocycles. The SMILES string of the molecule is CC(C)N=C(N)c1ccc2nc(-c3ccc4c(c3)Cc3cc(-c5nc6ccc(C(N)=NC(C)C)cc6[nH]5)ccc3-4)[nH]c2c1. The summed E-state index contributed by atoms with van der Waals surface area (Å²) in [6, 6.07) is 25.4. The molecule has 0 spiro atoms. The number of imidazole rings is 2. The summed E-state index contributed by atoms with van der Waals surface area (Å²) in [5, 5.41) is 0. The van der Waals surface area contributed by atoms with Crippen LogP contribution in [-0.2, 0) is 6.42 Å². The number of aliphatic imine (C=N–C) groups is 2. The highest BCUT2D eigenvalue weighted by atomic mass is 14.9. The van der Waals surface area contributed by atoms with Gasteiger partial charge in [-0.25, -0.2) is 9.97 Å². The number of rotatable bonds is 6. The Balaban J connectivity index is 1.16. The summed E-state index contributed by atoms with van der Waals surface area (Å²) < 4.78 is 0. The molecule has 6 N–H and O–H groups in total. The van der Waals surface area contributed by atoms with E-state index in [1.165, 1.54) is 22.3 Å². The molecule has 8 heteroatoms. The minimum absolute atomic E-state index is 0.140. The van der Waals surface area contributed by atoms with Gasteiger partial charge < -0.3 is 21.4 Å². The zero-order chi connectivity index (χ0) is 29.8. The number of fused-ring (bicyclic) bond motifs is 5. The number of nitrogens with zero attached hydrogens (tertiary/aromatic N) is 4. The molecule has 43 heavy (non-hydrogen) atoms. The maximum absolute atomic E-state index is 6.21. The first-order valence-electron chi connectivity index (χ1n) is 14.7. The van der Waals surface area contributed by atoms with Crippen LogP contribution in [0.3, 0.4) is 0 Å². The topological polar surface area (TPSA) is 134 Å². The average molecular weight is 567 g/mol. The van der Waals surface area contributed by atoms with Gasteiger partial charge in [0.05, 0.1) is 22.1 Å². The van der Waals surface area contributed by atoms with E-state index in [1.807, 2.05) is 64.1 Å². The number of amidine groups is 2. The van der Waals surface area contributed by atoms with Crippen LogP contribution < -0.4 is 11.5 Å². The minimum Gasteiger partial charge on any atom is -0.383 e. The van der Waals surface area contributed by atoms with Crippen molar-refractivity contribution < 1.29 is 0 Å². The van der Waals surface area contributed by atoms with E-state index in [0.29, 0.717) is 11.7 Å². The Morgan fingerprint density at radius 1 is 0.628 bits per heavy atom. The molecule has 2 heterocycles. The summed E-state index contributed by atoms with van der Waals surface area (Å²) >= 11 is 0. The van der Waals surface area contributed by atoms with E-state index in [2.05, 4.69) is 56.4 Å². The van der Waals surface area contributed by atoms with Crippen molar-refractivity contribution in [2.24, 2.45) is 21.5 Å². The third kappa shape index (κ3) is 4.95. The molecular formula is C35H34N8. The fraction of sp³-hybridized carbons (Fsp3) is 0.200. The number of hydrogen-bond donors (Lipinski definition) is 4. The van der Waals surface area contributed by atoms with Crippen LogP contribution in [0.2, 0.25) is 0 Å². The van der Waals surface area contributed by atoms with Crippen LogP contribution in [0.15, 0.2) is 82.8 Å². The first kappa shape index (κ1) is 26.6. The molecule has 8 nitrogen and oxygen atoms in total. The standard InChI is InChI=1S/C35H34N8/c1-18(2)38-32(36)20-7-11-28-30(16-20)42-34(40-28)22-5-9-26-24(13-22)15-25-14-23(6-10-27(25)26)35-41-29-12-8-21(17-31(29)43-35)33(37)39-19(3)4/h5-14,16-19H,15H2,1-4H3,(H2,36,38)(H2,37,39)(H,40,42)(H,41,43). The van der Waals surface area contributed by atoms with E-state index < -0.39 is 0 Å². The van der Waals surface area contributed by atoms with Crippen molar-refractivity contribution >= 4 is 33.7 Å². The highest BCUT2D eigenvalue weighted by Gasteiger charge is 2.21. The summed E-state index contributed by atoms with van der Waals surface area (Å²) in [7, 11) is 0. The molecule has 214 valence electrons. The Labute approximate surface area is 250 Å². The van der Waals surface area contributed by atoms with Gasteiger partial charge in [-0.15, -0.1) is 0 Å². The van der Waals surface area contributed by atoms with Crippen LogP contribution in [0.25, 0.3) is 56.0 Å². The number of hydrogen-bond acceptors (Lipinski definition) is 4. The van der Waals surface area contributed by atoms with E-state index in [1.54, 1.807) is 0 Å². The molecular weight excluding hydrogens is 532 g/mol. The fourth-order valence-corrected chi connectivity index (χ4v) is 5.82. The first-order chi connectivity index (χ1) is 20.7. The number of H-pyrrole nitrogens is 2. The molecule has 0 amide bonds. The normalized spacial score (nSPS) is 13.4. The van der Waals surface area contributed by atoms with Crippen LogP contribution in [0.4, 0.5) is 0 Å². The Kier molecular flexibility index (Phi) is 6.34. The van der Waals surface area contributed by atoms with Gasteiger partial charge in [-0.2, -0.15) is 0 Å². The summed E-state index contributed by atoms with van der Waals surface area (Å²) in [5.41, 5.74) is 25.1. The van der Waals surface area contributed by atoms with Crippen molar-refractivity contribution in [2.75, 3.05) is 0 Å². The van der Waals surface area contributed by atoms with Gasteiger partial charge in [0.25, 0.3) is 0 Å². The van der Waals surface area contributed by atoms with Crippen LogP contribution in [0.1, 0.15) is 49.9 Å². The van der Waals surface area contributed by atoms with Gasteiger partial charge in [-0.1, -0.05) is 24.3 Å². The van der Waals surface area contributed by atoms with E-state index in [4.69, 9.17) is 21.4 Å². The van der Waals surface area contributed by atoms with Crippen LogP contribution in [0.5, 0.6) is 0 Å². The number of nitrogens with two attached hydrogens (primary N) is 2. The quantitative estimate of drug-likeness (QED) is 0.134. The van der Waals surface area contributed by atoms with Gasteiger partial charge in [0.2, 0.25) is 0 Å². The number of aromatic amines is 2. The highest BCUT2D eigenvalue weighted by Crippen LogP contribution is 2.40. The van der Waals surface area contributed by atoms with Crippen LogP contribution >= 0.6 is 0 Å². The van der Waals surface area contributed by atoms with Crippen molar-refractivity contribution in [1.29, 1.82) is 0 Å². The van der Waals surface area contributed by atoms with E-state index in [0.717, 1.165) is 62.4 Å². The molecule has 7 rings (SSSR count). The lowest BCUT2D eigenvalue weighted by atomic mass is 10.0. The predicted molar refractivity (Wildman–Crippen MR) is 177 cm³/mol. The zero-order valence-corrected chi connectivity index (χ0v) is 24.7. The van der Waals surface area contributed by atoms with Crippen molar-refractivity contribution in [3.63, 3.8) is 0 Å². The monoisotopic (exact) mass is 566 g/mol. The molecule has 1 aliphatic carbocycles. The largest absolute Gasteiger partial charge is 0.383 e. The summed E-state index contributed by atoms with van der Waals surface area (Å²) in [4.78, 5) is 25.7. The van der Waals surface area contributed by atoms with Gasteiger partial charge in [-0.3, -0.25) is 9.98 Å². The lowest BCUT2D eigenvalue weighted by Gasteiger charge is -2.04. The van der Waals surface area contributed by atoms with Gasteiger partial charge in [0, 0.05) is 34.3 Å². The molecule has 0 atom stereocenters. The lowest BCUT2D eigenvalue weighted by Crippen LogP contribution is -2.15. The molecule has 0 unspecified atom stereocenters. The zero-order valence-electron chi connectivity index (χ0n) is 24.7. The van der Waals surface area contributed by atoms with Gasteiger partial charge in [0.15, 0.2) is 0 Å². The molecule has 4 aromatic carbocycles. The smallest absolute Gasteiger partial charge is 0.138 e. The van der Waals surface area contributed by atoms with Gasteiger partial charge >= 0.3 is 0 Å². The maximum Gasteiger partial charge on any atom is 0.138 e. The van der Waals surface area contributed by atoms with Crippen LogP contribution in [-0.4, -0.2) is 43.7 Å². The van der Waals surface area contributed by atoms with Crippen molar-refractivity contribution in [3.8, 4) is 33.9 Å². The molecule has 0 bridgehead atoms. The second kappa shape index (κ2) is 10.2. The van der Waals surface area contributed by atoms with Gasteiger partial charge in [-0.05, 0) is 105 Å². The number of aromatic nitrogens is 4. The molecule has 2 aromatic heterocycles. The van der Waals surface area contributed by atoms with Gasteiger partial charge in [0.1, 0.15) is 23.3 Å². The second-order valence-corrected chi connectivity index (χ2v) is 11.8. The fourth-order valence-electron chi connectivity index (χ4n) is 5.82. The van der Waals surface area contributed by atoms with E-state index in [9.17, 15) is 0 Å². The van der Waals surface area contributed by atoms with Crippen molar-refractivity contribution in [2.45, 2.75) is 46.2 Å². The van der Waals surface area contributed by atoms with E-state index >= 15 is 0 Å². The Hall–Kier alpha value is -5.24. The second-order valence-electron chi connectivity index (χ2n) is 11.8. The summed E-state index contributed by atoms with van der Waals surface area (Å²) in [5.74, 6) is 2.75. The molecule has 0 fully saturated rings. The molecule has 0 saturated heterocycles. The maximum atomic E-state index is 6.21. The predicted octanol–water partition coefficient (Wildman–Crippen LogP) is 6.57. The Morgan fingerprint density at radius 3 is 1.49 bits per heavy atom. The minimum atomic E-state index is 0.140. The third-order valence-electron chi connectivity index (χ3n) is 7.78. The van der Waals surface area contributed by atoms with E-state index in [-0.39, 0.29) is 12.1 Å². The number of benzene rings is 4. The van der Waals surface area contributed by atoms with Crippen molar-refractivity contribution in [3.05, 3.63) is 95.1 Å². The third-order valence-corrected chi connectivity index (χ3v) is 7.78. The summed E-state index contributed by atoms with van der Waals surface area (Å²) in [6.45, 7) is 8.07. The summed E-state index contributed by atoms with van der Waals surface area (Å²) in [6.07, 6.45) is 0.853.